The number of aliphatic hydroxyl groups excluding tert-OH is 1. The number of aromatic nitrogens is 4. The Morgan fingerprint density at radius 3 is 2.51 bits per heavy atom. The molecule has 0 bridgehead atoms. The average molecular weight is 483 g/mol. The molecule has 35 heavy (non-hydrogen) atoms. The normalized spacial score (nSPS) is 16.4. The maximum atomic E-state index is 13.8. The van der Waals surface area contributed by atoms with Crippen molar-refractivity contribution < 1.29 is 19.4 Å². The highest BCUT2D eigenvalue weighted by Gasteiger charge is 2.33. The van der Waals surface area contributed by atoms with Gasteiger partial charge in [-0.25, -0.2) is 9.48 Å². The van der Waals surface area contributed by atoms with Gasteiger partial charge in [0.25, 0.3) is 0 Å². The Kier molecular flexibility index (Phi) is 7.11. The van der Waals surface area contributed by atoms with Gasteiger partial charge >= 0.3 is 6.09 Å². The second kappa shape index (κ2) is 10.1. The Morgan fingerprint density at radius 2 is 1.83 bits per heavy atom. The Bertz CT molecular complexity index is 1170. The van der Waals surface area contributed by atoms with Crippen molar-refractivity contribution in [3.8, 4) is 0 Å². The first-order valence-corrected chi connectivity index (χ1v) is 12.0. The molecule has 2 N–H and O–H groups in total. The van der Waals surface area contributed by atoms with Crippen molar-refractivity contribution in [1.82, 2.24) is 29.8 Å². The standard InChI is InChI=1S/C25H34N6O4/c1-17(16-32)21-15-31(28-27-21)22(13-18-14-26-20-8-6-5-7-19(18)20)23(33)29-9-11-30(12-10-29)24(34)35-25(2,3)4/h5-8,14-15,17,22,26,32H,9-13,16H2,1-4H3/t17-,22-/m0/s1. The smallest absolute Gasteiger partial charge is 0.410 e. The van der Waals surface area contributed by atoms with Gasteiger partial charge in [-0.3, -0.25) is 4.79 Å². The van der Waals surface area contributed by atoms with E-state index in [0.717, 1.165) is 16.5 Å². The molecule has 0 radical (unpaired) electrons. The molecule has 0 aliphatic carbocycles. The SMILES string of the molecule is C[C@@H](CO)c1cn([C@@H](Cc2c[nH]c3ccccc23)C(=O)N2CCN(C(=O)OC(C)(C)C)CC2)nn1. The van der Waals surface area contributed by atoms with E-state index in [1.54, 1.807) is 20.7 Å². The van der Waals surface area contributed by atoms with Gasteiger partial charge in [0, 0.05) is 61.8 Å². The fourth-order valence-corrected chi connectivity index (χ4v) is 4.21. The number of ether oxygens (including phenoxy) is 1. The first-order valence-electron chi connectivity index (χ1n) is 12.0. The summed E-state index contributed by atoms with van der Waals surface area (Å²) in [6.07, 6.45) is 3.75. The first kappa shape index (κ1) is 24.7. The minimum atomic E-state index is -0.602. The van der Waals surface area contributed by atoms with Gasteiger partial charge in [0.15, 0.2) is 0 Å². The molecule has 2 aromatic heterocycles. The number of hydrogen-bond acceptors (Lipinski definition) is 6. The summed E-state index contributed by atoms with van der Waals surface area (Å²) in [6, 6.07) is 7.37. The van der Waals surface area contributed by atoms with Crippen LogP contribution in [0.3, 0.4) is 0 Å². The maximum Gasteiger partial charge on any atom is 0.410 e. The van der Waals surface area contributed by atoms with Crippen molar-refractivity contribution in [3.05, 3.63) is 47.9 Å². The molecule has 4 rings (SSSR count). The van der Waals surface area contributed by atoms with Crippen molar-refractivity contribution in [2.45, 2.75) is 51.7 Å². The van der Waals surface area contributed by atoms with Crippen molar-refractivity contribution in [3.63, 3.8) is 0 Å². The van der Waals surface area contributed by atoms with E-state index in [9.17, 15) is 14.7 Å². The van der Waals surface area contributed by atoms with Gasteiger partial charge in [0.1, 0.15) is 11.6 Å². The molecule has 2 atom stereocenters. The summed E-state index contributed by atoms with van der Waals surface area (Å²) in [4.78, 5) is 32.9. The molecule has 3 aromatic rings. The number of H-pyrrole nitrogens is 1. The highest BCUT2D eigenvalue weighted by molar-refractivity contribution is 5.85. The van der Waals surface area contributed by atoms with E-state index >= 15 is 0 Å². The van der Waals surface area contributed by atoms with Gasteiger partial charge in [0.2, 0.25) is 5.91 Å². The maximum absolute atomic E-state index is 13.8. The summed E-state index contributed by atoms with van der Waals surface area (Å²) in [6.45, 7) is 8.97. The Labute approximate surface area is 204 Å². The molecule has 1 saturated heterocycles. The van der Waals surface area contributed by atoms with Crippen molar-refractivity contribution in [2.75, 3.05) is 32.8 Å². The van der Waals surface area contributed by atoms with E-state index < -0.39 is 11.6 Å². The summed E-state index contributed by atoms with van der Waals surface area (Å²) in [7, 11) is 0. The number of rotatable bonds is 6. The molecule has 0 saturated carbocycles. The van der Waals surface area contributed by atoms with E-state index in [-0.39, 0.29) is 24.5 Å². The lowest BCUT2D eigenvalue weighted by Crippen LogP contribution is -2.53. The molecule has 188 valence electrons. The number of piperazine rings is 1. The highest BCUT2D eigenvalue weighted by atomic mass is 16.6. The van der Waals surface area contributed by atoms with Gasteiger partial charge in [0.05, 0.1) is 12.3 Å². The lowest BCUT2D eigenvalue weighted by Gasteiger charge is -2.37. The molecule has 10 heteroatoms. The summed E-state index contributed by atoms with van der Waals surface area (Å²) < 4.78 is 7.08. The predicted octanol–water partition coefficient (Wildman–Crippen LogP) is 2.72. The number of amides is 2. The predicted molar refractivity (Wildman–Crippen MR) is 131 cm³/mol. The van der Waals surface area contributed by atoms with Crippen LogP contribution in [-0.2, 0) is 16.0 Å². The van der Waals surface area contributed by atoms with Crippen LogP contribution in [0.15, 0.2) is 36.7 Å². The molecular weight excluding hydrogens is 448 g/mol. The van der Waals surface area contributed by atoms with Crippen LogP contribution in [0.25, 0.3) is 10.9 Å². The fraction of sp³-hybridized carbons (Fsp3) is 0.520. The van der Waals surface area contributed by atoms with Crippen molar-refractivity contribution in [1.29, 1.82) is 0 Å². The lowest BCUT2D eigenvalue weighted by molar-refractivity contribution is -0.136. The number of aliphatic hydroxyl groups is 1. The molecule has 1 fully saturated rings. The summed E-state index contributed by atoms with van der Waals surface area (Å²) in [5.41, 5.74) is 2.09. The molecule has 0 spiro atoms. The zero-order valence-corrected chi connectivity index (χ0v) is 20.8. The third-order valence-corrected chi connectivity index (χ3v) is 6.24. The molecule has 2 amide bonds. The van der Waals surface area contributed by atoms with Crippen LogP contribution >= 0.6 is 0 Å². The summed E-state index contributed by atoms with van der Waals surface area (Å²) >= 11 is 0. The average Bonchev–Trinajstić information content (AvgIpc) is 3.48. The molecule has 1 aliphatic heterocycles. The number of nitrogens with zero attached hydrogens (tertiary/aromatic N) is 5. The number of hydrogen-bond donors (Lipinski definition) is 2. The minimum absolute atomic E-state index is 0.0492. The molecular formula is C25H34N6O4. The number of fused-ring (bicyclic) bond motifs is 1. The summed E-state index contributed by atoms with van der Waals surface area (Å²) in [5.74, 6) is -0.253. The molecule has 1 aromatic carbocycles. The van der Waals surface area contributed by atoms with Gasteiger partial charge in [-0.2, -0.15) is 0 Å². The number of benzene rings is 1. The van der Waals surface area contributed by atoms with E-state index in [2.05, 4.69) is 15.3 Å². The number of para-hydroxylation sites is 1. The topological polar surface area (TPSA) is 117 Å². The summed E-state index contributed by atoms with van der Waals surface area (Å²) in [5, 5.41) is 19.0. The van der Waals surface area contributed by atoms with Crippen LogP contribution in [-0.4, -0.2) is 85.3 Å². The van der Waals surface area contributed by atoms with Crippen LogP contribution in [0.5, 0.6) is 0 Å². The largest absolute Gasteiger partial charge is 0.444 e. The third kappa shape index (κ3) is 5.64. The highest BCUT2D eigenvalue weighted by Crippen LogP contribution is 2.25. The van der Waals surface area contributed by atoms with Gasteiger partial charge in [-0.15, -0.1) is 5.10 Å². The van der Waals surface area contributed by atoms with E-state index in [1.807, 2.05) is 58.2 Å². The molecule has 1 aliphatic rings. The Balaban J connectivity index is 1.54. The molecule has 0 unspecified atom stereocenters. The Morgan fingerprint density at radius 1 is 1.14 bits per heavy atom. The van der Waals surface area contributed by atoms with Crippen molar-refractivity contribution >= 4 is 22.9 Å². The van der Waals surface area contributed by atoms with E-state index in [4.69, 9.17) is 4.74 Å². The monoisotopic (exact) mass is 482 g/mol. The van der Waals surface area contributed by atoms with E-state index in [1.165, 1.54) is 0 Å². The van der Waals surface area contributed by atoms with E-state index in [0.29, 0.717) is 38.3 Å². The number of nitrogens with one attached hydrogen (secondary N) is 1. The fourth-order valence-electron chi connectivity index (χ4n) is 4.21. The van der Waals surface area contributed by atoms with Crippen LogP contribution in [0.2, 0.25) is 0 Å². The number of aromatic amines is 1. The van der Waals surface area contributed by atoms with Crippen LogP contribution in [0.4, 0.5) is 4.79 Å². The van der Waals surface area contributed by atoms with Crippen LogP contribution < -0.4 is 0 Å². The van der Waals surface area contributed by atoms with Crippen LogP contribution in [0.1, 0.15) is 50.9 Å². The second-order valence-electron chi connectivity index (χ2n) is 10.1. The number of carbonyl (C=O) groups excluding carboxylic acids is 2. The molecule has 10 nitrogen and oxygen atoms in total. The third-order valence-electron chi connectivity index (χ3n) is 6.24. The quantitative estimate of drug-likeness (QED) is 0.558. The zero-order chi connectivity index (χ0) is 25.2. The number of carbonyl (C=O) groups is 2. The molecule has 3 heterocycles. The van der Waals surface area contributed by atoms with Gasteiger partial charge in [-0.05, 0) is 32.4 Å². The van der Waals surface area contributed by atoms with Gasteiger partial charge < -0.3 is 24.6 Å². The Hall–Kier alpha value is -3.40. The van der Waals surface area contributed by atoms with Crippen molar-refractivity contribution in [2.24, 2.45) is 0 Å². The second-order valence-corrected chi connectivity index (χ2v) is 10.1. The van der Waals surface area contributed by atoms with Crippen LogP contribution in [0, 0.1) is 0 Å². The first-order chi connectivity index (χ1) is 16.7. The zero-order valence-electron chi connectivity index (χ0n) is 20.8. The lowest BCUT2D eigenvalue weighted by atomic mass is 10.0. The van der Waals surface area contributed by atoms with Gasteiger partial charge in [-0.1, -0.05) is 30.3 Å². The minimum Gasteiger partial charge on any atom is -0.444 e.